The van der Waals surface area contributed by atoms with Gasteiger partial charge >= 0.3 is 12.0 Å². The summed E-state index contributed by atoms with van der Waals surface area (Å²) in [4.78, 5) is 39.3. The summed E-state index contributed by atoms with van der Waals surface area (Å²) >= 11 is 0. The molecule has 0 unspecified atom stereocenters. The molecule has 7 heteroatoms. The first-order valence-corrected chi connectivity index (χ1v) is 11.3. The van der Waals surface area contributed by atoms with E-state index < -0.39 is 12.0 Å². The van der Waals surface area contributed by atoms with Crippen molar-refractivity contribution in [2.24, 2.45) is 0 Å². The minimum atomic E-state index is -0.437. The van der Waals surface area contributed by atoms with Gasteiger partial charge in [-0.05, 0) is 67.8 Å². The van der Waals surface area contributed by atoms with Gasteiger partial charge in [0.15, 0.2) is 0 Å². The van der Waals surface area contributed by atoms with Crippen LogP contribution in [0.1, 0.15) is 45.7 Å². The van der Waals surface area contributed by atoms with Crippen LogP contribution in [0.3, 0.4) is 0 Å². The van der Waals surface area contributed by atoms with E-state index in [0.29, 0.717) is 23.4 Å². The zero-order valence-corrected chi connectivity index (χ0v) is 19.2. The number of carbonyl (C=O) groups excluding carboxylic acids is 3. The van der Waals surface area contributed by atoms with Crippen LogP contribution >= 0.6 is 0 Å². The van der Waals surface area contributed by atoms with Crippen LogP contribution in [0.2, 0.25) is 0 Å². The number of hydrogen-bond donors (Lipinski definition) is 2. The Bertz CT molecular complexity index is 1210. The van der Waals surface area contributed by atoms with E-state index in [0.717, 1.165) is 23.2 Å². The molecule has 4 rings (SSSR count). The van der Waals surface area contributed by atoms with E-state index >= 15 is 0 Å². The number of amides is 3. The van der Waals surface area contributed by atoms with Crippen molar-refractivity contribution in [1.29, 1.82) is 0 Å². The topological polar surface area (TPSA) is 87.7 Å². The second-order valence-corrected chi connectivity index (χ2v) is 8.17. The molecule has 3 aromatic carbocycles. The zero-order chi connectivity index (χ0) is 24.1. The summed E-state index contributed by atoms with van der Waals surface area (Å²) in [7, 11) is 0. The fourth-order valence-corrected chi connectivity index (χ4v) is 4.09. The molecule has 0 radical (unpaired) electrons. The summed E-state index contributed by atoms with van der Waals surface area (Å²) in [6.45, 7) is 4.35. The Morgan fingerprint density at radius 1 is 0.971 bits per heavy atom. The molecule has 1 atom stereocenters. The second-order valence-electron chi connectivity index (χ2n) is 8.17. The Balaban J connectivity index is 1.42. The number of ether oxygens (including phenoxy) is 1. The molecule has 3 aromatic rings. The van der Waals surface area contributed by atoms with Gasteiger partial charge in [0, 0.05) is 29.5 Å². The van der Waals surface area contributed by atoms with Gasteiger partial charge in [0.1, 0.15) is 0 Å². The monoisotopic (exact) mass is 457 g/mol. The Morgan fingerprint density at radius 2 is 1.74 bits per heavy atom. The zero-order valence-electron chi connectivity index (χ0n) is 19.2. The summed E-state index contributed by atoms with van der Waals surface area (Å²) in [5.41, 5.74) is 4.38. The number of fused-ring (bicyclic) bond motifs is 1. The lowest BCUT2D eigenvalue weighted by molar-refractivity contribution is 0.0526. The molecule has 0 bridgehead atoms. The van der Waals surface area contributed by atoms with E-state index in [9.17, 15) is 14.4 Å². The lowest BCUT2D eigenvalue weighted by atomic mass is 10.1. The standard InChI is InChI=1S/C27H27N3O4/c1-3-34-26(32)22-10-7-11-23(16-22)29-27(33)28-17-19-12-13-21-14-18(2)30(24(21)15-19)25(31)20-8-5-4-6-9-20/h4-13,15-16,18H,3,14,17H2,1-2H3,(H2,28,29,33)/t18-/m1/s1. The number of carbonyl (C=O) groups is 3. The first-order valence-electron chi connectivity index (χ1n) is 11.3. The van der Waals surface area contributed by atoms with Crippen LogP contribution in [-0.2, 0) is 17.7 Å². The third-order valence-electron chi connectivity index (χ3n) is 5.69. The molecular weight excluding hydrogens is 430 g/mol. The molecule has 34 heavy (non-hydrogen) atoms. The fraction of sp³-hybridized carbons (Fsp3) is 0.222. The summed E-state index contributed by atoms with van der Waals surface area (Å²) in [5, 5.41) is 5.56. The molecule has 0 saturated carbocycles. The molecule has 0 saturated heterocycles. The summed E-state index contributed by atoms with van der Waals surface area (Å²) < 4.78 is 5.00. The van der Waals surface area contributed by atoms with E-state index in [2.05, 4.69) is 10.6 Å². The lowest BCUT2D eigenvalue weighted by Gasteiger charge is -2.23. The van der Waals surface area contributed by atoms with Crippen molar-refractivity contribution in [1.82, 2.24) is 5.32 Å². The van der Waals surface area contributed by atoms with Crippen LogP contribution in [0.25, 0.3) is 0 Å². The van der Waals surface area contributed by atoms with Crippen LogP contribution in [-0.4, -0.2) is 30.6 Å². The number of rotatable bonds is 6. The molecule has 174 valence electrons. The van der Waals surface area contributed by atoms with E-state index in [1.165, 1.54) is 0 Å². The quantitative estimate of drug-likeness (QED) is 0.522. The average Bonchev–Trinajstić information content (AvgIpc) is 3.18. The Kier molecular flexibility index (Phi) is 6.92. The molecule has 1 aliphatic heterocycles. The van der Waals surface area contributed by atoms with Crippen LogP contribution in [0.4, 0.5) is 16.2 Å². The maximum atomic E-state index is 13.1. The normalized spacial score (nSPS) is 14.3. The number of benzene rings is 3. The van der Waals surface area contributed by atoms with E-state index in [-0.39, 0.29) is 18.6 Å². The molecule has 0 spiro atoms. The summed E-state index contributed by atoms with van der Waals surface area (Å²) in [6, 6.07) is 21.4. The smallest absolute Gasteiger partial charge is 0.338 e. The Hall–Kier alpha value is -4.13. The van der Waals surface area contributed by atoms with Crippen molar-refractivity contribution in [2.45, 2.75) is 32.9 Å². The molecule has 1 aliphatic rings. The van der Waals surface area contributed by atoms with Gasteiger partial charge in [-0.2, -0.15) is 0 Å². The molecule has 3 amide bonds. The maximum absolute atomic E-state index is 13.1. The van der Waals surface area contributed by atoms with Gasteiger partial charge < -0.3 is 20.3 Å². The first-order chi connectivity index (χ1) is 16.5. The number of hydrogen-bond acceptors (Lipinski definition) is 4. The van der Waals surface area contributed by atoms with Crippen LogP contribution in [0, 0.1) is 0 Å². The Morgan fingerprint density at radius 3 is 2.50 bits per heavy atom. The van der Waals surface area contributed by atoms with Crippen LogP contribution in [0.15, 0.2) is 72.8 Å². The lowest BCUT2D eigenvalue weighted by Crippen LogP contribution is -2.35. The van der Waals surface area contributed by atoms with Gasteiger partial charge in [-0.15, -0.1) is 0 Å². The third kappa shape index (κ3) is 5.09. The Labute approximate surface area is 198 Å². The highest BCUT2D eigenvalue weighted by molar-refractivity contribution is 6.07. The van der Waals surface area contributed by atoms with Gasteiger partial charge in [0.2, 0.25) is 0 Å². The SMILES string of the molecule is CCOC(=O)c1cccc(NC(=O)NCc2ccc3c(c2)N(C(=O)c2ccccc2)[C@H](C)C3)c1. The fourth-order valence-electron chi connectivity index (χ4n) is 4.09. The molecule has 0 aliphatic carbocycles. The van der Waals surface area contributed by atoms with Crippen molar-refractivity contribution < 1.29 is 19.1 Å². The largest absolute Gasteiger partial charge is 0.462 e. The third-order valence-corrected chi connectivity index (χ3v) is 5.69. The molecule has 0 fully saturated rings. The van der Waals surface area contributed by atoms with Gasteiger partial charge in [0.05, 0.1) is 12.2 Å². The van der Waals surface area contributed by atoms with E-state index in [1.807, 2.05) is 60.4 Å². The van der Waals surface area contributed by atoms with Crippen molar-refractivity contribution >= 4 is 29.3 Å². The van der Waals surface area contributed by atoms with Gasteiger partial charge in [0.25, 0.3) is 5.91 Å². The predicted molar refractivity (Wildman–Crippen MR) is 131 cm³/mol. The molecule has 0 aromatic heterocycles. The average molecular weight is 458 g/mol. The highest BCUT2D eigenvalue weighted by Gasteiger charge is 2.31. The summed E-state index contributed by atoms with van der Waals surface area (Å²) in [6.07, 6.45) is 0.791. The van der Waals surface area contributed by atoms with Crippen LogP contribution < -0.4 is 15.5 Å². The van der Waals surface area contributed by atoms with Crippen LogP contribution in [0.5, 0.6) is 0 Å². The highest BCUT2D eigenvalue weighted by atomic mass is 16.5. The molecule has 2 N–H and O–H groups in total. The number of nitrogens with one attached hydrogen (secondary N) is 2. The van der Waals surface area contributed by atoms with E-state index in [4.69, 9.17) is 4.74 Å². The van der Waals surface area contributed by atoms with Crippen molar-refractivity contribution in [3.05, 3.63) is 95.1 Å². The number of anilines is 2. The number of nitrogens with zero attached hydrogens (tertiary/aromatic N) is 1. The van der Waals surface area contributed by atoms with Gasteiger partial charge in [-0.25, -0.2) is 9.59 Å². The van der Waals surface area contributed by atoms with Crippen molar-refractivity contribution in [3.63, 3.8) is 0 Å². The van der Waals surface area contributed by atoms with Gasteiger partial charge in [-0.3, -0.25) is 4.79 Å². The summed E-state index contributed by atoms with van der Waals surface area (Å²) in [5.74, 6) is -0.468. The highest BCUT2D eigenvalue weighted by Crippen LogP contribution is 2.34. The maximum Gasteiger partial charge on any atom is 0.338 e. The molecule has 1 heterocycles. The minimum absolute atomic E-state index is 0.0313. The van der Waals surface area contributed by atoms with Gasteiger partial charge in [-0.1, -0.05) is 36.4 Å². The number of urea groups is 1. The first kappa shape index (κ1) is 23.0. The van der Waals surface area contributed by atoms with Crippen molar-refractivity contribution in [3.8, 4) is 0 Å². The second kappa shape index (κ2) is 10.2. The molecular formula is C27H27N3O4. The van der Waals surface area contributed by atoms with Crippen molar-refractivity contribution in [2.75, 3.05) is 16.8 Å². The minimum Gasteiger partial charge on any atom is -0.462 e. The number of esters is 1. The molecule has 7 nitrogen and oxygen atoms in total. The van der Waals surface area contributed by atoms with E-state index in [1.54, 1.807) is 31.2 Å². The predicted octanol–water partition coefficient (Wildman–Crippen LogP) is 4.78.